The van der Waals surface area contributed by atoms with E-state index in [1.807, 2.05) is 0 Å². The van der Waals surface area contributed by atoms with Gasteiger partial charge < -0.3 is 15.6 Å². The van der Waals surface area contributed by atoms with Gasteiger partial charge in [0.1, 0.15) is 23.8 Å². The Morgan fingerprint density at radius 3 is 2.68 bits per heavy atom. The molecule has 0 spiro atoms. The minimum Gasteiger partial charge on any atom is -0.486 e. The summed E-state index contributed by atoms with van der Waals surface area (Å²) >= 11 is 0. The quantitative estimate of drug-likeness (QED) is 0.840. The highest BCUT2D eigenvalue weighted by Crippen LogP contribution is 2.28. The summed E-state index contributed by atoms with van der Waals surface area (Å²) in [6.45, 7) is 1.67. The standard InChI is InChI=1S/C12H16FNO4S/c1-7(14)9-4-8(13)2-3-11(9)18-12-6-19(16,17)5-10(12)15/h2-4,7,10,12,15H,5-6,14H2,1H3. The van der Waals surface area contributed by atoms with Crippen molar-refractivity contribution in [1.82, 2.24) is 0 Å². The van der Waals surface area contributed by atoms with Gasteiger partial charge in [0.05, 0.1) is 11.5 Å². The van der Waals surface area contributed by atoms with E-state index >= 15 is 0 Å². The van der Waals surface area contributed by atoms with Gasteiger partial charge >= 0.3 is 0 Å². The topological polar surface area (TPSA) is 89.6 Å². The summed E-state index contributed by atoms with van der Waals surface area (Å²) in [5.74, 6) is -0.701. The SMILES string of the molecule is CC(N)c1cc(F)ccc1OC1CS(=O)(=O)CC1O. The summed E-state index contributed by atoms with van der Waals surface area (Å²) in [6, 6.07) is 3.39. The van der Waals surface area contributed by atoms with Gasteiger partial charge in [-0.3, -0.25) is 0 Å². The van der Waals surface area contributed by atoms with Crippen LogP contribution in [-0.4, -0.2) is 37.2 Å². The number of hydrogen-bond donors (Lipinski definition) is 2. The summed E-state index contributed by atoms with van der Waals surface area (Å²) in [4.78, 5) is 0. The molecule has 106 valence electrons. The number of aliphatic hydroxyl groups is 1. The minimum absolute atomic E-state index is 0.246. The van der Waals surface area contributed by atoms with E-state index in [-0.39, 0.29) is 11.5 Å². The van der Waals surface area contributed by atoms with Crippen LogP contribution >= 0.6 is 0 Å². The number of nitrogens with two attached hydrogens (primary N) is 1. The molecule has 0 saturated carbocycles. The van der Waals surface area contributed by atoms with E-state index in [0.717, 1.165) is 0 Å². The molecule has 5 nitrogen and oxygen atoms in total. The van der Waals surface area contributed by atoms with Crippen LogP contribution < -0.4 is 10.5 Å². The number of rotatable bonds is 3. The Morgan fingerprint density at radius 1 is 1.47 bits per heavy atom. The molecule has 0 aromatic heterocycles. The number of halogens is 1. The Kier molecular flexibility index (Phi) is 3.80. The van der Waals surface area contributed by atoms with E-state index in [0.29, 0.717) is 11.3 Å². The lowest BCUT2D eigenvalue weighted by Crippen LogP contribution is -2.30. The molecule has 3 unspecified atom stereocenters. The van der Waals surface area contributed by atoms with Crippen molar-refractivity contribution in [3.8, 4) is 5.75 Å². The molecule has 1 aliphatic rings. The molecule has 0 amide bonds. The van der Waals surface area contributed by atoms with E-state index in [4.69, 9.17) is 10.5 Å². The van der Waals surface area contributed by atoms with Crippen molar-refractivity contribution in [3.05, 3.63) is 29.6 Å². The predicted molar refractivity (Wildman–Crippen MR) is 68.1 cm³/mol. The number of aliphatic hydroxyl groups excluding tert-OH is 1. The molecule has 3 atom stereocenters. The maximum absolute atomic E-state index is 13.2. The van der Waals surface area contributed by atoms with Crippen LogP contribution in [0.15, 0.2) is 18.2 Å². The van der Waals surface area contributed by atoms with Gasteiger partial charge in [0.15, 0.2) is 9.84 Å². The third kappa shape index (κ3) is 3.23. The van der Waals surface area contributed by atoms with Crippen LogP contribution in [0.2, 0.25) is 0 Å². The first-order chi connectivity index (χ1) is 8.78. The predicted octanol–water partition coefficient (Wildman–Crippen LogP) is 0.382. The van der Waals surface area contributed by atoms with Gasteiger partial charge in [-0.05, 0) is 25.1 Å². The van der Waals surface area contributed by atoms with Crippen LogP contribution in [0.3, 0.4) is 0 Å². The van der Waals surface area contributed by atoms with Gasteiger partial charge in [0, 0.05) is 11.6 Å². The monoisotopic (exact) mass is 289 g/mol. The first kappa shape index (κ1) is 14.2. The van der Waals surface area contributed by atoms with E-state index in [1.54, 1.807) is 6.92 Å². The fourth-order valence-corrected chi connectivity index (χ4v) is 3.72. The van der Waals surface area contributed by atoms with E-state index in [1.165, 1.54) is 18.2 Å². The molecule has 1 aliphatic heterocycles. The Labute approximate surface area is 111 Å². The van der Waals surface area contributed by atoms with Crippen molar-refractivity contribution in [2.75, 3.05) is 11.5 Å². The molecular formula is C12H16FNO4S. The third-order valence-electron chi connectivity index (χ3n) is 3.01. The molecule has 0 aliphatic carbocycles. The van der Waals surface area contributed by atoms with Crippen LogP contribution in [0.1, 0.15) is 18.5 Å². The second-order valence-electron chi connectivity index (χ2n) is 4.77. The molecule has 1 aromatic carbocycles. The summed E-state index contributed by atoms with van der Waals surface area (Å²) in [5, 5.41) is 9.66. The minimum atomic E-state index is -3.29. The van der Waals surface area contributed by atoms with Gasteiger partial charge in [0.2, 0.25) is 0 Å². The Hall–Kier alpha value is -1.18. The number of benzene rings is 1. The van der Waals surface area contributed by atoms with Crippen molar-refractivity contribution in [2.45, 2.75) is 25.2 Å². The average Bonchev–Trinajstić information content (AvgIpc) is 2.54. The van der Waals surface area contributed by atoms with Crippen molar-refractivity contribution in [1.29, 1.82) is 0 Å². The Morgan fingerprint density at radius 2 is 2.16 bits per heavy atom. The summed E-state index contributed by atoms with van der Waals surface area (Å²) in [5.41, 5.74) is 6.16. The molecule has 2 rings (SSSR count). The molecule has 0 radical (unpaired) electrons. The van der Waals surface area contributed by atoms with Gasteiger partial charge in [-0.2, -0.15) is 0 Å². The number of ether oxygens (including phenoxy) is 1. The molecule has 1 fully saturated rings. The third-order valence-corrected chi connectivity index (χ3v) is 4.70. The van der Waals surface area contributed by atoms with Crippen molar-refractivity contribution in [2.24, 2.45) is 5.73 Å². The molecule has 19 heavy (non-hydrogen) atoms. The lowest BCUT2D eigenvalue weighted by molar-refractivity contribution is 0.0729. The summed E-state index contributed by atoms with van der Waals surface area (Å²) in [6.07, 6.45) is -1.91. The highest BCUT2D eigenvalue weighted by molar-refractivity contribution is 7.91. The molecule has 1 aromatic rings. The van der Waals surface area contributed by atoms with Crippen molar-refractivity contribution in [3.63, 3.8) is 0 Å². The van der Waals surface area contributed by atoms with Gasteiger partial charge in [-0.1, -0.05) is 0 Å². The molecule has 0 bridgehead atoms. The lowest BCUT2D eigenvalue weighted by atomic mass is 10.1. The van der Waals surface area contributed by atoms with Gasteiger partial charge in [-0.15, -0.1) is 0 Å². The van der Waals surface area contributed by atoms with Gasteiger partial charge in [-0.25, -0.2) is 12.8 Å². The normalized spacial score (nSPS) is 27.2. The second-order valence-corrected chi connectivity index (χ2v) is 6.93. The van der Waals surface area contributed by atoms with E-state index < -0.39 is 33.9 Å². The average molecular weight is 289 g/mol. The zero-order valence-corrected chi connectivity index (χ0v) is 11.2. The van der Waals surface area contributed by atoms with Crippen LogP contribution in [0, 0.1) is 5.82 Å². The fraction of sp³-hybridized carbons (Fsp3) is 0.500. The highest BCUT2D eigenvalue weighted by atomic mass is 32.2. The fourth-order valence-electron chi connectivity index (χ4n) is 2.06. The largest absolute Gasteiger partial charge is 0.486 e. The van der Waals surface area contributed by atoms with Crippen LogP contribution in [0.25, 0.3) is 0 Å². The van der Waals surface area contributed by atoms with Crippen LogP contribution in [0.5, 0.6) is 5.75 Å². The van der Waals surface area contributed by atoms with Gasteiger partial charge in [0.25, 0.3) is 0 Å². The first-order valence-electron chi connectivity index (χ1n) is 5.88. The molecule has 1 heterocycles. The Bertz CT molecular complexity index is 573. The first-order valence-corrected chi connectivity index (χ1v) is 7.71. The second kappa shape index (κ2) is 5.07. The van der Waals surface area contributed by atoms with E-state index in [9.17, 15) is 17.9 Å². The van der Waals surface area contributed by atoms with E-state index in [2.05, 4.69) is 0 Å². The summed E-state index contributed by atoms with van der Waals surface area (Å²) < 4.78 is 41.4. The summed E-state index contributed by atoms with van der Waals surface area (Å²) in [7, 11) is -3.29. The van der Waals surface area contributed by atoms with Crippen LogP contribution in [0.4, 0.5) is 4.39 Å². The molecular weight excluding hydrogens is 273 g/mol. The molecule has 1 saturated heterocycles. The Balaban J connectivity index is 2.25. The number of hydrogen-bond acceptors (Lipinski definition) is 5. The maximum Gasteiger partial charge on any atom is 0.156 e. The maximum atomic E-state index is 13.2. The number of sulfone groups is 1. The molecule has 7 heteroatoms. The van der Waals surface area contributed by atoms with Crippen molar-refractivity contribution < 1.29 is 22.7 Å². The highest BCUT2D eigenvalue weighted by Gasteiger charge is 2.38. The van der Waals surface area contributed by atoms with Crippen molar-refractivity contribution >= 4 is 9.84 Å². The molecule has 3 N–H and O–H groups in total. The smallest absolute Gasteiger partial charge is 0.156 e. The zero-order valence-electron chi connectivity index (χ0n) is 10.4. The zero-order chi connectivity index (χ0) is 14.2. The van der Waals surface area contributed by atoms with Crippen LogP contribution in [-0.2, 0) is 9.84 Å². The lowest BCUT2D eigenvalue weighted by Gasteiger charge is -2.19.